The summed E-state index contributed by atoms with van der Waals surface area (Å²) >= 11 is 0. The Bertz CT molecular complexity index is 1550. The highest BCUT2D eigenvalue weighted by molar-refractivity contribution is 5.84. The van der Waals surface area contributed by atoms with Crippen molar-refractivity contribution in [2.45, 2.75) is 110 Å². The number of ether oxygens (including phenoxy) is 3. The number of amides is 1. The van der Waals surface area contributed by atoms with Gasteiger partial charge in [0.15, 0.2) is 0 Å². The fourth-order valence-corrected chi connectivity index (χ4v) is 7.11. The SMILES string of the molecule is COC1CCC(n2c([C@@H]3CCOC(=O)N3C3=CCC(C(=O)OC(C)(C)C)CC3)nc3cc(-c4c(C)noc4C)ccc32)CC1. The maximum absolute atomic E-state index is 13.4. The molecule has 2 aliphatic carbocycles. The van der Waals surface area contributed by atoms with Crippen molar-refractivity contribution in [3.8, 4) is 11.1 Å². The molecule has 44 heavy (non-hydrogen) atoms. The molecule has 2 atom stereocenters. The van der Waals surface area contributed by atoms with Crippen LogP contribution >= 0.6 is 0 Å². The van der Waals surface area contributed by atoms with Gasteiger partial charge in [0.2, 0.25) is 0 Å². The Kier molecular flexibility index (Phi) is 8.30. The van der Waals surface area contributed by atoms with Crippen LogP contribution < -0.4 is 0 Å². The van der Waals surface area contributed by atoms with Crippen LogP contribution in [0.4, 0.5) is 4.79 Å². The summed E-state index contributed by atoms with van der Waals surface area (Å²) in [6.07, 6.45) is 8.19. The number of rotatable bonds is 6. The number of aromatic nitrogens is 3. The second-order valence-electron chi connectivity index (χ2n) is 13.4. The summed E-state index contributed by atoms with van der Waals surface area (Å²) in [5.74, 6) is 1.24. The van der Waals surface area contributed by atoms with E-state index in [9.17, 15) is 9.59 Å². The van der Waals surface area contributed by atoms with Crippen LogP contribution in [-0.2, 0) is 19.0 Å². The smallest absolute Gasteiger partial charge is 0.414 e. The molecule has 0 bridgehead atoms. The van der Waals surface area contributed by atoms with Crippen molar-refractivity contribution >= 4 is 23.1 Å². The van der Waals surface area contributed by atoms with Crippen molar-refractivity contribution in [3.05, 3.63) is 47.3 Å². The number of esters is 1. The van der Waals surface area contributed by atoms with Crippen LogP contribution in [0.1, 0.15) is 102 Å². The first-order chi connectivity index (χ1) is 21.0. The Balaban J connectivity index is 1.38. The highest BCUT2D eigenvalue weighted by atomic mass is 16.6. The van der Waals surface area contributed by atoms with Gasteiger partial charge in [-0.25, -0.2) is 9.78 Å². The molecule has 0 spiro atoms. The number of allylic oxidation sites excluding steroid dienone is 2. The standard InChI is InChI=1S/C34H44N4O6/c1-20-30(21(2)44-36-20)23-9-16-28-27(19-23)35-31(37(28)24-12-14-26(41-6)15-13-24)29-17-18-42-33(40)38(29)25-10-7-22(8-11-25)32(39)43-34(3,4)5/h9-10,16,19,22,24,26,29H,7-8,11-15,17-18H2,1-6H3/t22?,24?,26?,29-/m0/s1. The largest absolute Gasteiger partial charge is 0.460 e. The van der Waals surface area contributed by atoms with Gasteiger partial charge in [0, 0.05) is 30.8 Å². The van der Waals surface area contributed by atoms with Crippen molar-refractivity contribution < 1.29 is 28.3 Å². The second kappa shape index (κ2) is 12.0. The Hall–Kier alpha value is -3.66. The molecule has 3 aromatic rings. The molecule has 10 nitrogen and oxygen atoms in total. The maximum atomic E-state index is 13.4. The molecule has 1 aromatic carbocycles. The zero-order chi connectivity index (χ0) is 31.2. The van der Waals surface area contributed by atoms with Gasteiger partial charge < -0.3 is 23.3 Å². The van der Waals surface area contributed by atoms with Crippen molar-refractivity contribution in [1.82, 2.24) is 19.6 Å². The number of nitrogens with zero attached hydrogens (tertiary/aromatic N) is 4. The van der Waals surface area contributed by atoms with E-state index >= 15 is 0 Å². The molecular weight excluding hydrogens is 560 g/mol. The summed E-state index contributed by atoms with van der Waals surface area (Å²) in [5.41, 5.74) is 5.13. The molecular formula is C34H44N4O6. The Morgan fingerprint density at radius 3 is 2.48 bits per heavy atom. The first-order valence-corrected chi connectivity index (χ1v) is 15.9. The fraction of sp³-hybridized carbons (Fsp3) is 0.588. The van der Waals surface area contributed by atoms with Crippen LogP contribution in [-0.4, -0.2) is 57.1 Å². The van der Waals surface area contributed by atoms with E-state index in [2.05, 4.69) is 27.9 Å². The molecule has 236 valence electrons. The first kappa shape index (κ1) is 30.4. The lowest BCUT2D eigenvalue weighted by Crippen LogP contribution is -2.42. The molecule has 1 unspecified atom stereocenters. The van der Waals surface area contributed by atoms with Crippen molar-refractivity contribution in [1.29, 1.82) is 0 Å². The van der Waals surface area contributed by atoms with E-state index in [-0.39, 0.29) is 36.2 Å². The third-order valence-electron chi connectivity index (χ3n) is 9.24. The Morgan fingerprint density at radius 2 is 1.84 bits per heavy atom. The topological polar surface area (TPSA) is 109 Å². The molecule has 3 heterocycles. The molecule has 2 fully saturated rings. The molecule has 0 N–H and O–H groups in total. The highest BCUT2D eigenvalue weighted by Crippen LogP contribution is 2.42. The van der Waals surface area contributed by atoms with Gasteiger partial charge in [0.25, 0.3) is 0 Å². The number of cyclic esters (lactones) is 1. The number of hydrogen-bond donors (Lipinski definition) is 0. The molecule has 0 radical (unpaired) electrons. The van der Waals surface area contributed by atoms with Crippen LogP contribution in [0.3, 0.4) is 0 Å². The number of benzene rings is 1. The van der Waals surface area contributed by atoms with Crippen molar-refractivity contribution in [3.63, 3.8) is 0 Å². The summed E-state index contributed by atoms with van der Waals surface area (Å²) in [5, 5.41) is 4.16. The van der Waals surface area contributed by atoms with Gasteiger partial charge >= 0.3 is 12.1 Å². The first-order valence-electron chi connectivity index (χ1n) is 15.9. The number of fused-ring (bicyclic) bond motifs is 1. The zero-order valence-electron chi connectivity index (χ0n) is 26.7. The minimum Gasteiger partial charge on any atom is -0.460 e. The number of methoxy groups -OCH3 is 1. The number of carbonyl (C=O) groups is 2. The summed E-state index contributed by atoms with van der Waals surface area (Å²) in [6.45, 7) is 9.86. The zero-order valence-corrected chi connectivity index (χ0v) is 26.7. The van der Waals surface area contributed by atoms with Gasteiger partial charge in [-0.1, -0.05) is 17.3 Å². The molecule has 1 saturated heterocycles. The van der Waals surface area contributed by atoms with Gasteiger partial charge in [-0.05, 0) is 97.3 Å². The Labute approximate surface area is 258 Å². The van der Waals surface area contributed by atoms with E-state index in [0.717, 1.165) is 70.8 Å². The summed E-state index contributed by atoms with van der Waals surface area (Å²) in [4.78, 5) is 33.3. The predicted molar refractivity (Wildman–Crippen MR) is 165 cm³/mol. The maximum Gasteiger partial charge on any atom is 0.414 e. The van der Waals surface area contributed by atoms with Crippen LogP contribution in [0.25, 0.3) is 22.2 Å². The lowest BCUT2D eigenvalue weighted by atomic mass is 9.90. The minimum absolute atomic E-state index is 0.187. The number of imidazole rings is 1. The van der Waals surface area contributed by atoms with Gasteiger partial charge in [-0.3, -0.25) is 9.69 Å². The van der Waals surface area contributed by atoms with Gasteiger partial charge in [0.1, 0.15) is 23.2 Å². The molecule has 1 saturated carbocycles. The van der Waals surface area contributed by atoms with Crippen molar-refractivity contribution in [2.24, 2.45) is 5.92 Å². The average Bonchev–Trinajstić information content (AvgIpc) is 3.54. The molecule has 10 heteroatoms. The molecule has 6 rings (SSSR count). The monoisotopic (exact) mass is 604 g/mol. The number of carbonyl (C=O) groups excluding carboxylic acids is 2. The number of aryl methyl sites for hydroxylation is 2. The minimum atomic E-state index is -0.532. The normalized spacial score (nSPS) is 24.7. The second-order valence-corrected chi connectivity index (χ2v) is 13.4. The lowest BCUT2D eigenvalue weighted by Gasteiger charge is -2.39. The van der Waals surface area contributed by atoms with Gasteiger partial charge in [0.05, 0.1) is 35.4 Å². The van der Waals surface area contributed by atoms with Crippen LogP contribution in [0, 0.1) is 19.8 Å². The van der Waals surface area contributed by atoms with Crippen molar-refractivity contribution in [2.75, 3.05) is 13.7 Å². The van der Waals surface area contributed by atoms with E-state index in [1.165, 1.54) is 0 Å². The highest BCUT2D eigenvalue weighted by Gasteiger charge is 2.40. The van der Waals surface area contributed by atoms with E-state index in [1.54, 1.807) is 12.0 Å². The lowest BCUT2D eigenvalue weighted by molar-refractivity contribution is -0.160. The number of hydrogen-bond acceptors (Lipinski definition) is 8. The molecule has 3 aliphatic rings. The summed E-state index contributed by atoms with van der Waals surface area (Å²) < 4.78 is 24.8. The third kappa shape index (κ3) is 5.88. The van der Waals surface area contributed by atoms with E-state index < -0.39 is 5.60 Å². The van der Waals surface area contributed by atoms with Crippen LogP contribution in [0.2, 0.25) is 0 Å². The summed E-state index contributed by atoms with van der Waals surface area (Å²) in [6, 6.07) is 6.33. The van der Waals surface area contributed by atoms with Gasteiger partial charge in [-0.2, -0.15) is 0 Å². The average molecular weight is 605 g/mol. The van der Waals surface area contributed by atoms with E-state index in [4.69, 9.17) is 23.7 Å². The third-order valence-corrected chi connectivity index (χ3v) is 9.24. The van der Waals surface area contributed by atoms with Gasteiger partial charge in [-0.15, -0.1) is 0 Å². The van der Waals surface area contributed by atoms with E-state index in [0.29, 0.717) is 32.3 Å². The van der Waals surface area contributed by atoms with Crippen LogP contribution in [0.15, 0.2) is 34.5 Å². The summed E-state index contributed by atoms with van der Waals surface area (Å²) in [7, 11) is 1.79. The molecule has 1 aliphatic heterocycles. The quantitative estimate of drug-likeness (QED) is 0.269. The predicted octanol–water partition coefficient (Wildman–Crippen LogP) is 7.35. The fourth-order valence-electron chi connectivity index (χ4n) is 7.11. The van der Waals surface area contributed by atoms with E-state index in [1.807, 2.05) is 40.7 Å². The molecule has 1 amide bonds. The van der Waals surface area contributed by atoms with Crippen LogP contribution in [0.5, 0.6) is 0 Å². The molecule has 2 aromatic heterocycles. The Morgan fingerprint density at radius 1 is 1.07 bits per heavy atom.